The maximum absolute atomic E-state index is 13.6. The Kier molecular flexibility index (Phi) is 9.91. The zero-order chi connectivity index (χ0) is 25.0. The maximum Gasteiger partial charge on any atom is 0.261 e. The van der Waals surface area contributed by atoms with Gasteiger partial charge in [0.15, 0.2) is 6.61 Å². The van der Waals surface area contributed by atoms with Crippen LogP contribution in [-0.4, -0.2) is 35.9 Å². The van der Waals surface area contributed by atoms with Gasteiger partial charge < -0.3 is 15.0 Å². The highest BCUT2D eigenvalue weighted by molar-refractivity contribution is 5.88. The van der Waals surface area contributed by atoms with Gasteiger partial charge in [-0.15, -0.1) is 0 Å². The van der Waals surface area contributed by atoms with Crippen LogP contribution >= 0.6 is 0 Å². The Balaban J connectivity index is 1.87. The van der Waals surface area contributed by atoms with Gasteiger partial charge >= 0.3 is 0 Å². The number of hydrogen-bond acceptors (Lipinski definition) is 3. The molecule has 2 amide bonds. The van der Waals surface area contributed by atoms with E-state index in [0.717, 1.165) is 35.1 Å². The number of carbonyl (C=O) groups is 2. The molecule has 0 aliphatic heterocycles. The van der Waals surface area contributed by atoms with Crippen molar-refractivity contribution in [2.75, 3.05) is 13.2 Å². The summed E-state index contributed by atoms with van der Waals surface area (Å²) in [6.45, 7) is 6.88. The van der Waals surface area contributed by atoms with Crippen LogP contribution in [0.2, 0.25) is 0 Å². The molecule has 35 heavy (non-hydrogen) atoms. The van der Waals surface area contributed by atoms with Crippen LogP contribution in [-0.2, 0) is 22.6 Å². The summed E-state index contributed by atoms with van der Waals surface area (Å²) in [4.78, 5) is 28.6. The molecule has 0 radical (unpaired) electrons. The van der Waals surface area contributed by atoms with Crippen molar-refractivity contribution >= 4 is 11.8 Å². The zero-order valence-electron chi connectivity index (χ0n) is 21.0. The number of rotatable bonds is 12. The topological polar surface area (TPSA) is 58.6 Å². The van der Waals surface area contributed by atoms with Crippen molar-refractivity contribution in [3.63, 3.8) is 0 Å². The Labute approximate surface area is 209 Å². The SMILES string of the molecule is CCCCNC(=O)C(Cc1ccccc1)N(Cc1ccc(C)cc1)C(=O)COc1cccc(C)c1. The van der Waals surface area contributed by atoms with Crippen LogP contribution in [0.5, 0.6) is 5.75 Å². The van der Waals surface area contributed by atoms with E-state index in [2.05, 4.69) is 12.2 Å². The summed E-state index contributed by atoms with van der Waals surface area (Å²) in [5.41, 5.74) is 4.18. The number of carbonyl (C=O) groups excluding carboxylic acids is 2. The molecule has 0 spiro atoms. The fourth-order valence-electron chi connectivity index (χ4n) is 3.88. The molecule has 0 bridgehead atoms. The molecule has 1 N–H and O–H groups in total. The third-order valence-corrected chi connectivity index (χ3v) is 5.93. The lowest BCUT2D eigenvalue weighted by atomic mass is 10.0. The van der Waals surface area contributed by atoms with Crippen LogP contribution in [0.4, 0.5) is 0 Å². The average molecular weight is 473 g/mol. The third-order valence-electron chi connectivity index (χ3n) is 5.93. The van der Waals surface area contributed by atoms with E-state index in [-0.39, 0.29) is 18.4 Å². The Morgan fingerprint density at radius 2 is 1.63 bits per heavy atom. The molecule has 0 aliphatic rings. The molecule has 0 fully saturated rings. The first-order valence-electron chi connectivity index (χ1n) is 12.3. The number of nitrogens with zero attached hydrogens (tertiary/aromatic N) is 1. The molecular formula is C30H36N2O3. The second kappa shape index (κ2) is 13.3. The van der Waals surface area contributed by atoms with Crippen LogP contribution in [0, 0.1) is 13.8 Å². The van der Waals surface area contributed by atoms with E-state index in [1.807, 2.05) is 92.7 Å². The predicted octanol–water partition coefficient (Wildman–Crippen LogP) is 5.24. The number of benzene rings is 3. The van der Waals surface area contributed by atoms with Gasteiger partial charge in [-0.2, -0.15) is 0 Å². The van der Waals surface area contributed by atoms with E-state index in [4.69, 9.17) is 4.74 Å². The normalized spacial score (nSPS) is 11.5. The predicted molar refractivity (Wildman–Crippen MR) is 140 cm³/mol. The second-order valence-electron chi connectivity index (χ2n) is 8.96. The van der Waals surface area contributed by atoms with Gasteiger partial charge in [-0.1, -0.05) is 85.6 Å². The Hall–Kier alpha value is -3.60. The van der Waals surface area contributed by atoms with Crippen molar-refractivity contribution in [1.29, 1.82) is 0 Å². The summed E-state index contributed by atoms with van der Waals surface area (Å²) in [6.07, 6.45) is 2.31. The Morgan fingerprint density at radius 3 is 2.31 bits per heavy atom. The summed E-state index contributed by atoms with van der Waals surface area (Å²) in [7, 11) is 0. The molecule has 1 atom stereocenters. The van der Waals surface area contributed by atoms with Gasteiger partial charge in [0.05, 0.1) is 0 Å². The molecule has 1 unspecified atom stereocenters. The number of unbranched alkanes of at least 4 members (excludes halogenated alkanes) is 1. The fraction of sp³-hybridized carbons (Fsp3) is 0.333. The summed E-state index contributed by atoms with van der Waals surface area (Å²) < 4.78 is 5.84. The summed E-state index contributed by atoms with van der Waals surface area (Å²) in [5.74, 6) is 0.276. The van der Waals surface area contributed by atoms with Crippen molar-refractivity contribution in [3.8, 4) is 5.75 Å². The van der Waals surface area contributed by atoms with Crippen LogP contribution in [0.1, 0.15) is 42.0 Å². The highest BCUT2D eigenvalue weighted by Crippen LogP contribution is 2.17. The van der Waals surface area contributed by atoms with E-state index in [9.17, 15) is 9.59 Å². The fourth-order valence-corrected chi connectivity index (χ4v) is 3.88. The van der Waals surface area contributed by atoms with Gasteiger partial charge in [-0.25, -0.2) is 0 Å². The third kappa shape index (κ3) is 8.29. The average Bonchev–Trinajstić information content (AvgIpc) is 2.86. The highest BCUT2D eigenvalue weighted by Gasteiger charge is 2.30. The Bertz CT molecular complexity index is 1080. The van der Waals surface area contributed by atoms with E-state index < -0.39 is 6.04 Å². The van der Waals surface area contributed by atoms with Crippen LogP contribution in [0.15, 0.2) is 78.9 Å². The molecule has 3 aromatic carbocycles. The first kappa shape index (κ1) is 26.0. The van der Waals surface area contributed by atoms with Crippen molar-refractivity contribution < 1.29 is 14.3 Å². The quantitative estimate of drug-likeness (QED) is 0.367. The van der Waals surface area contributed by atoms with Gasteiger partial charge in [-0.3, -0.25) is 9.59 Å². The minimum absolute atomic E-state index is 0.136. The molecule has 5 heteroatoms. The number of ether oxygens (including phenoxy) is 1. The van der Waals surface area contributed by atoms with E-state index in [1.54, 1.807) is 4.90 Å². The largest absolute Gasteiger partial charge is 0.484 e. The molecule has 3 rings (SSSR count). The maximum atomic E-state index is 13.6. The lowest BCUT2D eigenvalue weighted by Gasteiger charge is -2.31. The van der Waals surface area contributed by atoms with Crippen molar-refractivity contribution in [2.45, 2.75) is 52.6 Å². The van der Waals surface area contributed by atoms with Gasteiger partial charge in [0, 0.05) is 19.5 Å². The van der Waals surface area contributed by atoms with Gasteiger partial charge in [0.25, 0.3) is 5.91 Å². The molecule has 0 aliphatic carbocycles. The summed E-state index contributed by atoms with van der Waals surface area (Å²) in [5, 5.41) is 3.04. The Morgan fingerprint density at radius 1 is 0.886 bits per heavy atom. The molecular weight excluding hydrogens is 436 g/mol. The standard InChI is InChI=1S/C30H36N2O3/c1-4-5-18-31-30(34)28(20-25-11-7-6-8-12-25)32(21-26-16-14-23(2)15-17-26)29(33)22-35-27-13-9-10-24(3)19-27/h6-17,19,28H,4-5,18,20-22H2,1-3H3,(H,31,34). The molecule has 184 valence electrons. The van der Waals surface area contributed by atoms with Gasteiger partial charge in [0.2, 0.25) is 5.91 Å². The van der Waals surface area contributed by atoms with E-state index in [1.165, 1.54) is 0 Å². The minimum Gasteiger partial charge on any atom is -0.484 e. The van der Waals surface area contributed by atoms with Crippen LogP contribution in [0.3, 0.4) is 0 Å². The zero-order valence-corrected chi connectivity index (χ0v) is 21.0. The molecule has 0 aromatic heterocycles. The van der Waals surface area contributed by atoms with Crippen molar-refractivity contribution in [3.05, 3.63) is 101 Å². The van der Waals surface area contributed by atoms with Crippen molar-refractivity contribution in [2.24, 2.45) is 0 Å². The number of amides is 2. The molecule has 0 saturated carbocycles. The molecule has 3 aromatic rings. The number of hydrogen-bond donors (Lipinski definition) is 1. The van der Waals surface area contributed by atoms with Crippen LogP contribution < -0.4 is 10.1 Å². The number of nitrogens with one attached hydrogen (secondary N) is 1. The van der Waals surface area contributed by atoms with Crippen LogP contribution in [0.25, 0.3) is 0 Å². The van der Waals surface area contributed by atoms with Crippen molar-refractivity contribution in [1.82, 2.24) is 10.2 Å². The second-order valence-corrected chi connectivity index (χ2v) is 8.96. The first-order chi connectivity index (χ1) is 17.0. The lowest BCUT2D eigenvalue weighted by molar-refractivity contribution is -0.142. The monoisotopic (exact) mass is 472 g/mol. The lowest BCUT2D eigenvalue weighted by Crippen LogP contribution is -2.51. The smallest absolute Gasteiger partial charge is 0.261 e. The van der Waals surface area contributed by atoms with E-state index in [0.29, 0.717) is 25.3 Å². The van der Waals surface area contributed by atoms with Gasteiger partial charge in [0.1, 0.15) is 11.8 Å². The van der Waals surface area contributed by atoms with Gasteiger partial charge in [-0.05, 0) is 49.1 Å². The molecule has 5 nitrogen and oxygen atoms in total. The number of aryl methyl sites for hydroxylation is 2. The van der Waals surface area contributed by atoms with E-state index >= 15 is 0 Å². The summed E-state index contributed by atoms with van der Waals surface area (Å²) >= 11 is 0. The highest BCUT2D eigenvalue weighted by atomic mass is 16.5. The molecule has 0 heterocycles. The summed E-state index contributed by atoms with van der Waals surface area (Å²) in [6, 6.07) is 24.9. The first-order valence-corrected chi connectivity index (χ1v) is 12.3. The molecule has 0 saturated heterocycles. The minimum atomic E-state index is -0.649.